The fourth-order valence-corrected chi connectivity index (χ4v) is 5.57. The Kier molecular flexibility index (Phi) is 8.24. The van der Waals surface area contributed by atoms with Crippen molar-refractivity contribution in [2.24, 2.45) is 5.92 Å². The monoisotopic (exact) mass is 532 g/mol. The number of hydrogen-bond acceptors (Lipinski definition) is 6. The SMILES string of the molecule is Cc1cc(CSc2ccccc2)ccc1NC(=O)C1CCN(Cc2nc(-c3ccccc3Cl)no2)CC1. The van der Waals surface area contributed by atoms with Crippen molar-refractivity contribution in [1.82, 2.24) is 15.0 Å². The minimum atomic E-state index is -0.00895. The number of carbonyl (C=O) groups excluding carboxylic acids is 1. The molecule has 0 atom stereocenters. The van der Waals surface area contributed by atoms with Gasteiger partial charge in [0.2, 0.25) is 17.6 Å². The van der Waals surface area contributed by atoms with Crippen LogP contribution in [-0.2, 0) is 17.1 Å². The zero-order valence-corrected chi connectivity index (χ0v) is 22.3. The lowest BCUT2D eigenvalue weighted by Crippen LogP contribution is -2.37. The molecule has 1 saturated heterocycles. The molecule has 3 aromatic carbocycles. The minimum Gasteiger partial charge on any atom is -0.338 e. The van der Waals surface area contributed by atoms with Gasteiger partial charge in [0.05, 0.1) is 11.6 Å². The van der Waals surface area contributed by atoms with Crippen molar-refractivity contribution in [3.05, 3.63) is 94.8 Å². The summed E-state index contributed by atoms with van der Waals surface area (Å²) in [5.41, 5.74) is 3.98. The van der Waals surface area contributed by atoms with Gasteiger partial charge in [-0.15, -0.1) is 11.8 Å². The smallest absolute Gasteiger partial charge is 0.241 e. The molecule has 190 valence electrons. The number of piperidine rings is 1. The summed E-state index contributed by atoms with van der Waals surface area (Å²) in [7, 11) is 0. The fraction of sp³-hybridized carbons (Fsp3) is 0.276. The van der Waals surface area contributed by atoms with Crippen LogP contribution in [0.1, 0.15) is 29.9 Å². The molecule has 0 bridgehead atoms. The van der Waals surface area contributed by atoms with Crippen LogP contribution >= 0.6 is 23.4 Å². The Hall–Kier alpha value is -3.13. The summed E-state index contributed by atoms with van der Waals surface area (Å²) in [5, 5.41) is 7.83. The number of aryl methyl sites for hydroxylation is 1. The van der Waals surface area contributed by atoms with Gasteiger partial charge in [-0.25, -0.2) is 0 Å². The molecule has 6 nitrogen and oxygen atoms in total. The van der Waals surface area contributed by atoms with Crippen molar-refractivity contribution in [3.8, 4) is 11.4 Å². The predicted molar refractivity (Wildman–Crippen MR) is 149 cm³/mol. The van der Waals surface area contributed by atoms with E-state index in [-0.39, 0.29) is 11.8 Å². The van der Waals surface area contributed by atoms with Crippen LogP contribution in [0.4, 0.5) is 5.69 Å². The maximum absolute atomic E-state index is 13.0. The molecule has 37 heavy (non-hydrogen) atoms. The lowest BCUT2D eigenvalue weighted by atomic mass is 9.95. The maximum Gasteiger partial charge on any atom is 0.241 e. The molecule has 2 heterocycles. The van der Waals surface area contributed by atoms with Crippen LogP contribution in [0.25, 0.3) is 11.4 Å². The highest BCUT2D eigenvalue weighted by atomic mass is 35.5. The van der Waals surface area contributed by atoms with E-state index in [2.05, 4.69) is 63.7 Å². The molecule has 1 fully saturated rings. The number of anilines is 1. The topological polar surface area (TPSA) is 71.3 Å². The van der Waals surface area contributed by atoms with Gasteiger partial charge in [-0.1, -0.05) is 59.2 Å². The summed E-state index contributed by atoms with van der Waals surface area (Å²) in [5.74, 6) is 2.03. The number of benzene rings is 3. The zero-order valence-electron chi connectivity index (χ0n) is 20.7. The van der Waals surface area contributed by atoms with Gasteiger partial charge in [0.15, 0.2) is 0 Å². The van der Waals surface area contributed by atoms with E-state index in [0.717, 1.165) is 48.5 Å². The van der Waals surface area contributed by atoms with Crippen molar-refractivity contribution < 1.29 is 9.32 Å². The first-order chi connectivity index (χ1) is 18.0. The average molecular weight is 533 g/mol. The van der Waals surface area contributed by atoms with Crippen LogP contribution in [0.5, 0.6) is 0 Å². The Morgan fingerprint density at radius 1 is 1.08 bits per heavy atom. The van der Waals surface area contributed by atoms with Gasteiger partial charge in [0.1, 0.15) is 0 Å². The third-order valence-corrected chi connectivity index (χ3v) is 8.01. The van der Waals surface area contributed by atoms with E-state index in [4.69, 9.17) is 16.1 Å². The van der Waals surface area contributed by atoms with E-state index in [1.165, 1.54) is 10.5 Å². The number of nitrogens with one attached hydrogen (secondary N) is 1. The molecule has 1 aliphatic rings. The molecule has 0 unspecified atom stereocenters. The molecule has 1 N–H and O–H groups in total. The highest BCUT2D eigenvalue weighted by molar-refractivity contribution is 7.98. The molecular weight excluding hydrogens is 504 g/mol. The van der Waals surface area contributed by atoms with Gasteiger partial charge in [0.25, 0.3) is 0 Å². The van der Waals surface area contributed by atoms with E-state index >= 15 is 0 Å². The van der Waals surface area contributed by atoms with E-state index in [9.17, 15) is 4.79 Å². The van der Waals surface area contributed by atoms with Crippen LogP contribution in [0.2, 0.25) is 5.02 Å². The first kappa shape index (κ1) is 25.5. The summed E-state index contributed by atoms with van der Waals surface area (Å²) in [4.78, 5) is 21.0. The second kappa shape index (κ2) is 11.9. The molecule has 0 saturated carbocycles. The van der Waals surface area contributed by atoms with Crippen LogP contribution in [0.15, 0.2) is 82.2 Å². The number of rotatable bonds is 8. The van der Waals surface area contributed by atoms with Crippen LogP contribution in [0.3, 0.4) is 0 Å². The molecule has 8 heteroatoms. The molecule has 0 radical (unpaired) electrons. The number of likely N-dealkylation sites (tertiary alicyclic amines) is 1. The van der Waals surface area contributed by atoms with Crippen molar-refractivity contribution in [3.63, 3.8) is 0 Å². The summed E-state index contributed by atoms with van der Waals surface area (Å²) < 4.78 is 5.45. The molecular formula is C29H29ClN4O2S. The highest BCUT2D eigenvalue weighted by Crippen LogP contribution is 2.28. The first-order valence-corrected chi connectivity index (χ1v) is 13.8. The third-order valence-electron chi connectivity index (χ3n) is 6.60. The lowest BCUT2D eigenvalue weighted by Gasteiger charge is -2.30. The lowest BCUT2D eigenvalue weighted by molar-refractivity contribution is -0.121. The Bertz CT molecular complexity index is 1350. The highest BCUT2D eigenvalue weighted by Gasteiger charge is 2.26. The van der Waals surface area contributed by atoms with Gasteiger partial charge in [0, 0.05) is 27.8 Å². The second-order valence-corrected chi connectivity index (χ2v) is 10.7. The van der Waals surface area contributed by atoms with Gasteiger partial charge in [-0.05, 0) is 74.3 Å². The Labute approximate surface area is 226 Å². The first-order valence-electron chi connectivity index (χ1n) is 12.4. The Morgan fingerprint density at radius 3 is 2.59 bits per heavy atom. The normalized spacial score (nSPS) is 14.5. The molecule has 1 aliphatic heterocycles. The maximum atomic E-state index is 13.0. The summed E-state index contributed by atoms with van der Waals surface area (Å²) in [6.07, 6.45) is 1.59. The summed E-state index contributed by atoms with van der Waals surface area (Å²) in [6.45, 7) is 4.22. The number of aromatic nitrogens is 2. The molecule has 1 aromatic heterocycles. The third kappa shape index (κ3) is 6.60. The van der Waals surface area contributed by atoms with E-state index in [0.29, 0.717) is 23.3 Å². The number of carbonyl (C=O) groups is 1. The molecule has 5 rings (SSSR count). The molecule has 0 spiro atoms. The van der Waals surface area contributed by atoms with Crippen LogP contribution < -0.4 is 5.32 Å². The van der Waals surface area contributed by atoms with Crippen molar-refractivity contribution in [1.29, 1.82) is 0 Å². The Morgan fingerprint density at radius 2 is 1.84 bits per heavy atom. The molecule has 0 aliphatic carbocycles. The minimum absolute atomic E-state index is 0.00895. The van der Waals surface area contributed by atoms with Crippen LogP contribution in [-0.4, -0.2) is 34.0 Å². The van der Waals surface area contributed by atoms with Crippen molar-refractivity contribution in [2.75, 3.05) is 18.4 Å². The molecule has 1 amide bonds. The van der Waals surface area contributed by atoms with E-state index in [1.807, 2.05) is 48.2 Å². The number of hydrogen-bond donors (Lipinski definition) is 1. The number of amides is 1. The number of nitrogens with zero attached hydrogens (tertiary/aromatic N) is 3. The van der Waals surface area contributed by atoms with Crippen molar-refractivity contribution >= 4 is 35.0 Å². The van der Waals surface area contributed by atoms with Gasteiger partial charge in [-0.3, -0.25) is 9.69 Å². The van der Waals surface area contributed by atoms with Crippen LogP contribution in [0, 0.1) is 12.8 Å². The Balaban J connectivity index is 1.10. The van der Waals surface area contributed by atoms with Crippen molar-refractivity contribution in [2.45, 2.75) is 37.0 Å². The predicted octanol–water partition coefficient (Wildman–Crippen LogP) is 6.84. The van der Waals surface area contributed by atoms with E-state index in [1.54, 1.807) is 0 Å². The summed E-state index contributed by atoms with van der Waals surface area (Å²) >= 11 is 8.06. The zero-order chi connectivity index (χ0) is 25.6. The average Bonchev–Trinajstić information content (AvgIpc) is 3.38. The quantitative estimate of drug-likeness (QED) is 0.250. The molecule has 4 aromatic rings. The summed E-state index contributed by atoms with van der Waals surface area (Å²) in [6, 6.07) is 24.1. The van der Waals surface area contributed by atoms with Gasteiger partial charge >= 0.3 is 0 Å². The largest absolute Gasteiger partial charge is 0.338 e. The number of halogens is 1. The van der Waals surface area contributed by atoms with Gasteiger partial charge < -0.3 is 9.84 Å². The second-order valence-electron chi connectivity index (χ2n) is 9.28. The van der Waals surface area contributed by atoms with Gasteiger partial charge in [-0.2, -0.15) is 4.98 Å². The standard InChI is InChI=1S/C29H29ClN4O2S/c1-20-17-21(19-37-23-7-3-2-4-8-23)11-12-26(20)31-29(35)22-13-15-34(16-14-22)18-27-32-28(33-36-27)24-9-5-6-10-25(24)30/h2-12,17,22H,13-16,18-19H2,1H3,(H,31,35). The fourth-order valence-electron chi connectivity index (χ4n) is 4.49. The number of thioether (sulfide) groups is 1. The van der Waals surface area contributed by atoms with E-state index < -0.39 is 0 Å².